The molecule has 0 amide bonds. The molecule has 194 valence electrons. The van der Waals surface area contributed by atoms with E-state index in [1.807, 2.05) is 41.3 Å². The van der Waals surface area contributed by atoms with Crippen LogP contribution < -0.4 is 15.0 Å². The third-order valence-electron chi connectivity index (χ3n) is 6.17. The van der Waals surface area contributed by atoms with Crippen LogP contribution in [0.15, 0.2) is 83.4 Å². The van der Waals surface area contributed by atoms with E-state index in [-0.39, 0.29) is 17.6 Å². The summed E-state index contributed by atoms with van der Waals surface area (Å²) < 4.78 is 17.1. The minimum absolute atomic E-state index is 0.207. The molecule has 8 nitrogen and oxygen atoms in total. The molecule has 3 heterocycles. The number of nitrogens with zero attached hydrogens (tertiary/aromatic N) is 2. The van der Waals surface area contributed by atoms with Crippen LogP contribution in [0.1, 0.15) is 33.9 Å². The van der Waals surface area contributed by atoms with E-state index < -0.39 is 5.97 Å². The van der Waals surface area contributed by atoms with Crippen molar-refractivity contribution in [1.82, 2.24) is 10.3 Å². The van der Waals surface area contributed by atoms with E-state index in [1.54, 1.807) is 49.7 Å². The zero-order valence-corrected chi connectivity index (χ0v) is 21.9. The first-order valence-corrected chi connectivity index (χ1v) is 12.6. The maximum Gasteiger partial charge on any atom is 0.335 e. The summed E-state index contributed by atoms with van der Waals surface area (Å²) >= 11 is 12.3. The molecule has 1 aliphatic rings. The zero-order chi connectivity index (χ0) is 26.6. The van der Waals surface area contributed by atoms with Crippen molar-refractivity contribution in [1.29, 1.82) is 0 Å². The van der Waals surface area contributed by atoms with E-state index in [9.17, 15) is 9.90 Å². The zero-order valence-electron chi connectivity index (χ0n) is 20.3. The third kappa shape index (κ3) is 5.22. The lowest BCUT2D eigenvalue weighted by atomic mass is 10.0. The van der Waals surface area contributed by atoms with Crippen molar-refractivity contribution < 1.29 is 23.8 Å². The number of carboxylic acid groups (broad SMARTS) is 1. The second-order valence-corrected chi connectivity index (χ2v) is 9.33. The van der Waals surface area contributed by atoms with Crippen LogP contribution >= 0.6 is 23.8 Å². The highest BCUT2D eigenvalue weighted by atomic mass is 35.5. The molecule has 2 aromatic carbocycles. The highest BCUT2D eigenvalue weighted by Crippen LogP contribution is 2.44. The van der Waals surface area contributed by atoms with E-state index in [0.29, 0.717) is 40.6 Å². The molecule has 1 fully saturated rings. The quantitative estimate of drug-likeness (QED) is 0.195. The van der Waals surface area contributed by atoms with Gasteiger partial charge in [-0.25, -0.2) is 4.79 Å². The topological polar surface area (TPSA) is 97.1 Å². The number of methoxy groups -OCH3 is 1. The minimum atomic E-state index is -0.982. The van der Waals surface area contributed by atoms with Crippen LogP contribution in [0.25, 0.3) is 11.3 Å². The van der Waals surface area contributed by atoms with Gasteiger partial charge in [0.1, 0.15) is 29.9 Å². The molecule has 0 spiro atoms. The van der Waals surface area contributed by atoms with Gasteiger partial charge in [-0.2, -0.15) is 0 Å². The number of anilines is 1. The van der Waals surface area contributed by atoms with Gasteiger partial charge in [0, 0.05) is 24.6 Å². The number of aromatic carboxylic acids is 1. The Balaban J connectivity index is 1.51. The van der Waals surface area contributed by atoms with Gasteiger partial charge in [-0.3, -0.25) is 4.98 Å². The number of rotatable bonds is 9. The fourth-order valence-electron chi connectivity index (χ4n) is 4.36. The number of thiocarbonyl (C=S) groups is 1. The van der Waals surface area contributed by atoms with Gasteiger partial charge in [0.15, 0.2) is 5.11 Å². The average molecular weight is 550 g/mol. The predicted molar refractivity (Wildman–Crippen MR) is 148 cm³/mol. The van der Waals surface area contributed by atoms with Crippen molar-refractivity contribution in [2.75, 3.05) is 25.2 Å². The van der Waals surface area contributed by atoms with E-state index in [1.165, 1.54) is 0 Å². The van der Waals surface area contributed by atoms with Gasteiger partial charge in [0.2, 0.25) is 0 Å². The van der Waals surface area contributed by atoms with Gasteiger partial charge in [0.05, 0.1) is 28.9 Å². The molecular weight excluding hydrogens is 526 g/mol. The summed E-state index contributed by atoms with van der Waals surface area (Å²) in [6.07, 6.45) is 1.74. The number of hydrogen-bond donors (Lipinski definition) is 2. The van der Waals surface area contributed by atoms with Crippen molar-refractivity contribution >= 4 is 40.6 Å². The number of furan rings is 1. The number of carboxylic acids is 1. The Morgan fingerprint density at radius 1 is 1.13 bits per heavy atom. The van der Waals surface area contributed by atoms with Gasteiger partial charge >= 0.3 is 5.97 Å². The van der Waals surface area contributed by atoms with E-state index in [4.69, 9.17) is 37.7 Å². The predicted octanol–water partition coefficient (Wildman–Crippen LogP) is 5.90. The first-order chi connectivity index (χ1) is 18.5. The monoisotopic (exact) mass is 549 g/mol. The molecule has 2 atom stereocenters. The van der Waals surface area contributed by atoms with Gasteiger partial charge in [0.25, 0.3) is 0 Å². The van der Waals surface area contributed by atoms with E-state index >= 15 is 0 Å². The Hall–Kier alpha value is -3.92. The van der Waals surface area contributed by atoms with Crippen molar-refractivity contribution in [3.63, 3.8) is 0 Å². The second kappa shape index (κ2) is 11.2. The summed E-state index contributed by atoms with van der Waals surface area (Å²) in [6.45, 7) is 0.831. The van der Waals surface area contributed by atoms with Crippen LogP contribution in [0.2, 0.25) is 5.02 Å². The van der Waals surface area contributed by atoms with Crippen molar-refractivity contribution in [2.24, 2.45) is 0 Å². The molecular formula is C28H24ClN3O5S. The molecule has 0 radical (unpaired) electrons. The van der Waals surface area contributed by atoms with Crippen LogP contribution in [0.4, 0.5) is 5.69 Å². The first-order valence-electron chi connectivity index (χ1n) is 11.8. The molecule has 4 aromatic rings. The van der Waals surface area contributed by atoms with Crippen LogP contribution in [0.3, 0.4) is 0 Å². The molecule has 2 aromatic heterocycles. The maximum atomic E-state index is 11.2. The lowest BCUT2D eigenvalue weighted by Gasteiger charge is -2.26. The normalized spacial score (nSPS) is 16.9. The van der Waals surface area contributed by atoms with Crippen molar-refractivity contribution in [3.8, 4) is 17.1 Å². The first kappa shape index (κ1) is 25.7. The Bertz CT molecular complexity index is 1440. The highest BCUT2D eigenvalue weighted by molar-refractivity contribution is 7.80. The summed E-state index contributed by atoms with van der Waals surface area (Å²) in [4.78, 5) is 17.7. The van der Waals surface area contributed by atoms with Gasteiger partial charge in [-0.05, 0) is 66.8 Å². The summed E-state index contributed by atoms with van der Waals surface area (Å²) in [5.74, 6) is 0.828. The minimum Gasteiger partial charge on any atom is -0.490 e. The Kier molecular flexibility index (Phi) is 7.59. The number of halogens is 1. The number of benzene rings is 2. The molecule has 0 saturated carbocycles. The SMILES string of the molecule is COCCOc1ccc(N2C(=S)N[C@@H](c3ccccn3)[C@@H]2c2ccc(-c3ccc(C(=O)O)cc3)o2)cc1Cl. The van der Waals surface area contributed by atoms with Crippen LogP contribution in [-0.4, -0.2) is 41.5 Å². The molecule has 38 heavy (non-hydrogen) atoms. The number of hydrogen-bond acceptors (Lipinski definition) is 6. The fraction of sp³-hybridized carbons (Fsp3) is 0.179. The molecule has 2 N–H and O–H groups in total. The molecule has 0 bridgehead atoms. The average Bonchev–Trinajstić information content (AvgIpc) is 3.55. The Labute approximate surface area is 229 Å². The smallest absolute Gasteiger partial charge is 0.335 e. The Morgan fingerprint density at radius 3 is 2.63 bits per heavy atom. The number of ether oxygens (including phenoxy) is 2. The summed E-state index contributed by atoms with van der Waals surface area (Å²) in [7, 11) is 1.61. The lowest BCUT2D eigenvalue weighted by Crippen LogP contribution is -2.29. The molecule has 0 unspecified atom stereocenters. The Morgan fingerprint density at radius 2 is 1.95 bits per heavy atom. The van der Waals surface area contributed by atoms with Crippen LogP contribution in [-0.2, 0) is 4.74 Å². The maximum absolute atomic E-state index is 11.2. The van der Waals surface area contributed by atoms with Crippen LogP contribution in [0, 0.1) is 0 Å². The third-order valence-corrected chi connectivity index (χ3v) is 6.78. The van der Waals surface area contributed by atoms with Crippen molar-refractivity contribution in [3.05, 3.63) is 101 Å². The molecule has 0 aliphatic carbocycles. The molecule has 5 rings (SSSR count). The van der Waals surface area contributed by atoms with Gasteiger partial charge < -0.3 is 29.2 Å². The number of aromatic nitrogens is 1. The summed E-state index contributed by atoms with van der Waals surface area (Å²) in [5.41, 5.74) is 2.53. The van der Waals surface area contributed by atoms with E-state index in [2.05, 4.69) is 10.3 Å². The lowest BCUT2D eigenvalue weighted by molar-refractivity contribution is 0.0697. The number of pyridine rings is 1. The summed E-state index contributed by atoms with van der Waals surface area (Å²) in [5, 5.41) is 13.5. The van der Waals surface area contributed by atoms with Crippen LogP contribution in [0.5, 0.6) is 5.75 Å². The number of nitrogens with one attached hydrogen (secondary N) is 1. The number of carbonyl (C=O) groups is 1. The van der Waals surface area contributed by atoms with Crippen molar-refractivity contribution in [2.45, 2.75) is 12.1 Å². The van der Waals surface area contributed by atoms with E-state index in [0.717, 1.165) is 16.9 Å². The second-order valence-electron chi connectivity index (χ2n) is 8.54. The largest absolute Gasteiger partial charge is 0.490 e. The highest BCUT2D eigenvalue weighted by Gasteiger charge is 2.42. The summed E-state index contributed by atoms with van der Waals surface area (Å²) in [6, 6.07) is 20.8. The molecule has 1 saturated heterocycles. The molecule has 1 aliphatic heterocycles. The molecule has 10 heteroatoms. The van der Waals surface area contributed by atoms with Gasteiger partial charge in [-0.15, -0.1) is 0 Å². The fourth-order valence-corrected chi connectivity index (χ4v) is 4.93. The standard InChI is InChI=1S/C28H24ClN3O5S/c1-35-14-15-36-23-10-9-19(16-20(23)29)32-26(25(31-28(32)38)21-4-2-3-13-30-21)24-12-11-22(37-24)17-5-7-18(8-6-17)27(33)34/h2-13,16,25-26H,14-15H2,1H3,(H,31,38)(H,33,34)/t25-,26-/m0/s1. The van der Waals surface area contributed by atoms with Gasteiger partial charge in [-0.1, -0.05) is 29.8 Å².